The number of hydrogen-bond donors (Lipinski definition) is 1. The van der Waals surface area contributed by atoms with Gasteiger partial charge in [-0.3, -0.25) is 9.89 Å². The zero-order valence-electron chi connectivity index (χ0n) is 16.6. The molecule has 1 unspecified atom stereocenters. The minimum atomic E-state index is -0.341. The number of piperidine rings is 1. The number of amides is 1. The van der Waals surface area contributed by atoms with Crippen LogP contribution in [0.3, 0.4) is 0 Å². The van der Waals surface area contributed by atoms with E-state index >= 15 is 0 Å². The average molecular weight is 397 g/mol. The Morgan fingerprint density at radius 2 is 2.24 bits per heavy atom. The molecule has 1 aliphatic heterocycles. The second kappa shape index (κ2) is 8.14. The molecule has 2 aromatic heterocycles. The van der Waals surface area contributed by atoms with Gasteiger partial charge in [-0.05, 0) is 50.8 Å². The van der Waals surface area contributed by atoms with Crippen LogP contribution >= 0.6 is 0 Å². The lowest BCUT2D eigenvalue weighted by atomic mass is 9.97. The molecule has 0 aliphatic carbocycles. The quantitative estimate of drug-likeness (QED) is 0.711. The van der Waals surface area contributed by atoms with E-state index in [4.69, 9.17) is 4.52 Å². The maximum Gasteiger partial charge on any atom is 0.231 e. The largest absolute Gasteiger partial charge is 0.342 e. The van der Waals surface area contributed by atoms with Gasteiger partial charge in [0.25, 0.3) is 0 Å². The van der Waals surface area contributed by atoms with Crippen molar-refractivity contribution >= 4 is 5.91 Å². The molecule has 4 rings (SSSR count). The number of H-pyrrole nitrogens is 1. The Labute approximate surface area is 168 Å². The summed E-state index contributed by atoms with van der Waals surface area (Å²) in [7, 11) is 0. The van der Waals surface area contributed by atoms with Gasteiger partial charge >= 0.3 is 0 Å². The molecule has 1 fully saturated rings. The highest BCUT2D eigenvalue weighted by Crippen LogP contribution is 2.28. The summed E-state index contributed by atoms with van der Waals surface area (Å²) in [4.78, 5) is 19.1. The highest BCUT2D eigenvalue weighted by Gasteiger charge is 2.28. The number of aromatic nitrogens is 4. The second-order valence-corrected chi connectivity index (χ2v) is 7.56. The lowest BCUT2D eigenvalue weighted by Gasteiger charge is -2.31. The molecular formula is C21H24FN5O2. The fraction of sp³-hybridized carbons (Fsp3) is 0.429. The number of aryl methyl sites for hydroxylation is 2. The number of halogens is 1. The molecule has 1 amide bonds. The average Bonchev–Trinajstić information content (AvgIpc) is 3.34. The van der Waals surface area contributed by atoms with E-state index in [1.165, 1.54) is 12.1 Å². The fourth-order valence-corrected chi connectivity index (χ4v) is 3.88. The van der Waals surface area contributed by atoms with Gasteiger partial charge in [-0.25, -0.2) is 4.39 Å². The zero-order valence-corrected chi connectivity index (χ0v) is 16.6. The summed E-state index contributed by atoms with van der Waals surface area (Å²) in [6.45, 7) is 5.23. The number of likely N-dealkylation sites (tertiary alicyclic amines) is 1. The predicted molar refractivity (Wildman–Crippen MR) is 105 cm³/mol. The van der Waals surface area contributed by atoms with Crippen molar-refractivity contribution in [3.05, 3.63) is 52.9 Å². The van der Waals surface area contributed by atoms with Crippen molar-refractivity contribution in [3.8, 4) is 11.4 Å². The van der Waals surface area contributed by atoms with E-state index in [1.807, 2.05) is 18.7 Å². The van der Waals surface area contributed by atoms with Gasteiger partial charge in [-0.15, -0.1) is 0 Å². The van der Waals surface area contributed by atoms with Crippen LogP contribution in [0.2, 0.25) is 0 Å². The Bertz CT molecular complexity index is 993. The van der Waals surface area contributed by atoms with Crippen molar-refractivity contribution in [2.24, 2.45) is 0 Å². The Balaban J connectivity index is 1.40. The first-order chi connectivity index (χ1) is 14.0. The molecule has 1 N–H and O–H groups in total. The molecule has 1 aliphatic rings. The van der Waals surface area contributed by atoms with Gasteiger partial charge < -0.3 is 9.42 Å². The molecule has 0 spiro atoms. The third-order valence-corrected chi connectivity index (χ3v) is 5.52. The molecule has 7 nitrogen and oxygen atoms in total. The van der Waals surface area contributed by atoms with Gasteiger partial charge in [0.05, 0.1) is 11.6 Å². The van der Waals surface area contributed by atoms with E-state index in [-0.39, 0.29) is 17.6 Å². The van der Waals surface area contributed by atoms with Crippen LogP contribution < -0.4 is 0 Å². The van der Waals surface area contributed by atoms with Crippen LogP contribution in [0.1, 0.15) is 48.0 Å². The number of hydrogen-bond acceptors (Lipinski definition) is 5. The first-order valence-electron chi connectivity index (χ1n) is 9.89. The summed E-state index contributed by atoms with van der Waals surface area (Å²) in [5.74, 6) is 0.656. The molecule has 0 saturated carbocycles. The molecule has 0 radical (unpaired) electrons. The van der Waals surface area contributed by atoms with Gasteiger partial charge in [0.1, 0.15) is 5.82 Å². The molecule has 1 saturated heterocycles. The lowest BCUT2D eigenvalue weighted by Crippen LogP contribution is -2.39. The SMILES string of the molecule is Cc1n[nH]c(C)c1CCC(=O)N1CCCC(c2nc(-c3cccc(F)c3)no2)C1. The third kappa shape index (κ3) is 4.21. The summed E-state index contributed by atoms with van der Waals surface area (Å²) in [6.07, 6.45) is 2.90. The highest BCUT2D eigenvalue weighted by atomic mass is 19.1. The van der Waals surface area contributed by atoms with Crippen molar-refractivity contribution < 1.29 is 13.7 Å². The van der Waals surface area contributed by atoms with Crippen LogP contribution in [0, 0.1) is 19.7 Å². The van der Waals surface area contributed by atoms with E-state index in [0.717, 1.165) is 36.3 Å². The number of rotatable bonds is 5. The Kier molecular flexibility index (Phi) is 5.42. The first-order valence-corrected chi connectivity index (χ1v) is 9.89. The van der Waals surface area contributed by atoms with Crippen molar-refractivity contribution in [2.45, 2.75) is 45.4 Å². The molecule has 3 heterocycles. The molecule has 3 aromatic rings. The maximum absolute atomic E-state index is 13.4. The van der Waals surface area contributed by atoms with E-state index < -0.39 is 0 Å². The number of nitrogens with zero attached hydrogens (tertiary/aromatic N) is 4. The molecule has 152 valence electrons. The van der Waals surface area contributed by atoms with Gasteiger partial charge in [0.15, 0.2) is 0 Å². The summed E-state index contributed by atoms with van der Waals surface area (Å²) in [5, 5.41) is 11.1. The van der Waals surface area contributed by atoms with Crippen molar-refractivity contribution in [3.63, 3.8) is 0 Å². The second-order valence-electron chi connectivity index (χ2n) is 7.56. The number of nitrogens with one attached hydrogen (secondary N) is 1. The van der Waals surface area contributed by atoms with Crippen molar-refractivity contribution in [2.75, 3.05) is 13.1 Å². The van der Waals surface area contributed by atoms with E-state index in [2.05, 4.69) is 20.3 Å². The van der Waals surface area contributed by atoms with E-state index in [1.54, 1.807) is 12.1 Å². The van der Waals surface area contributed by atoms with Gasteiger partial charge in [-0.1, -0.05) is 17.3 Å². The Morgan fingerprint density at radius 1 is 1.38 bits per heavy atom. The zero-order chi connectivity index (χ0) is 20.4. The van der Waals surface area contributed by atoms with Crippen LogP contribution in [0.25, 0.3) is 11.4 Å². The number of aromatic amines is 1. The topological polar surface area (TPSA) is 87.9 Å². The van der Waals surface area contributed by atoms with Crippen LogP contribution in [-0.2, 0) is 11.2 Å². The van der Waals surface area contributed by atoms with Crippen LogP contribution in [0.4, 0.5) is 4.39 Å². The lowest BCUT2D eigenvalue weighted by molar-refractivity contribution is -0.132. The highest BCUT2D eigenvalue weighted by molar-refractivity contribution is 5.76. The third-order valence-electron chi connectivity index (χ3n) is 5.52. The molecule has 29 heavy (non-hydrogen) atoms. The summed E-state index contributed by atoms with van der Waals surface area (Å²) >= 11 is 0. The summed E-state index contributed by atoms with van der Waals surface area (Å²) in [6, 6.07) is 6.12. The molecule has 0 bridgehead atoms. The molecule has 1 atom stereocenters. The smallest absolute Gasteiger partial charge is 0.231 e. The van der Waals surface area contributed by atoms with Gasteiger partial charge in [0.2, 0.25) is 17.6 Å². The van der Waals surface area contributed by atoms with E-state index in [0.29, 0.717) is 36.7 Å². The number of benzene rings is 1. The van der Waals surface area contributed by atoms with Crippen LogP contribution in [0.15, 0.2) is 28.8 Å². The van der Waals surface area contributed by atoms with E-state index in [9.17, 15) is 9.18 Å². The summed E-state index contributed by atoms with van der Waals surface area (Å²) < 4.78 is 18.9. The Morgan fingerprint density at radius 3 is 3.00 bits per heavy atom. The molecule has 8 heteroatoms. The van der Waals surface area contributed by atoms with Crippen molar-refractivity contribution in [1.82, 2.24) is 25.2 Å². The van der Waals surface area contributed by atoms with Gasteiger partial charge in [-0.2, -0.15) is 10.1 Å². The minimum Gasteiger partial charge on any atom is -0.342 e. The maximum atomic E-state index is 13.4. The van der Waals surface area contributed by atoms with Crippen molar-refractivity contribution in [1.29, 1.82) is 0 Å². The van der Waals surface area contributed by atoms with Gasteiger partial charge in [0, 0.05) is 30.8 Å². The fourth-order valence-electron chi connectivity index (χ4n) is 3.88. The van der Waals surface area contributed by atoms with Crippen LogP contribution in [-0.4, -0.2) is 44.2 Å². The normalized spacial score (nSPS) is 16.9. The van der Waals surface area contributed by atoms with Crippen LogP contribution in [0.5, 0.6) is 0 Å². The minimum absolute atomic E-state index is 0.0000864. The predicted octanol–water partition coefficient (Wildman–Crippen LogP) is 3.55. The monoisotopic (exact) mass is 397 g/mol. The number of carbonyl (C=O) groups excluding carboxylic acids is 1. The Hall–Kier alpha value is -3.03. The molecular weight excluding hydrogens is 373 g/mol. The summed E-state index contributed by atoms with van der Waals surface area (Å²) in [5.41, 5.74) is 3.66. The molecule has 1 aromatic carbocycles. The first kappa shape index (κ1) is 19.3. The standard InChI is InChI=1S/C21H24FN5O2/c1-13-18(14(2)25-24-13)8-9-19(28)27-10-4-6-16(12-27)21-23-20(26-29-21)15-5-3-7-17(22)11-15/h3,5,7,11,16H,4,6,8-10,12H2,1-2H3,(H,24,25). The number of carbonyl (C=O) groups is 1.